The van der Waals surface area contributed by atoms with Crippen LogP contribution in [-0.2, 0) is 11.3 Å². The lowest BCUT2D eigenvalue weighted by molar-refractivity contribution is -0.140. The van der Waals surface area contributed by atoms with E-state index in [1.54, 1.807) is 12.1 Å². The fourth-order valence-corrected chi connectivity index (χ4v) is 3.95. The second kappa shape index (κ2) is 7.43. The number of hydrogen-bond donors (Lipinski definition) is 0. The normalized spacial score (nSPS) is 26.3. The Labute approximate surface area is 138 Å². The Morgan fingerprint density at radius 2 is 2.09 bits per heavy atom. The summed E-state index contributed by atoms with van der Waals surface area (Å²) in [4.78, 5) is 17.3. The van der Waals surface area contributed by atoms with Gasteiger partial charge < -0.3 is 4.90 Å². The molecule has 3 rings (SSSR count). The Bertz CT molecular complexity index is 548. The van der Waals surface area contributed by atoms with E-state index in [0.29, 0.717) is 11.9 Å². The van der Waals surface area contributed by atoms with Crippen molar-refractivity contribution in [2.45, 2.75) is 51.6 Å². The molecular formula is C19H27FN2O. The molecule has 0 aliphatic carbocycles. The summed E-state index contributed by atoms with van der Waals surface area (Å²) in [5, 5.41) is 0. The standard InChI is InChI=1S/C19H27FN2O/c1-15-6-2-3-11-22(15)19(23)17-8-5-10-21(14-17)13-16-7-4-9-18(20)12-16/h4,7,9,12,15,17H,2-3,5-6,8,10-11,13-14H2,1H3/t15-,17-/m0/s1. The molecule has 0 bridgehead atoms. The van der Waals surface area contributed by atoms with Gasteiger partial charge >= 0.3 is 0 Å². The van der Waals surface area contributed by atoms with Gasteiger partial charge in [0, 0.05) is 25.7 Å². The molecule has 2 heterocycles. The first-order valence-corrected chi connectivity index (χ1v) is 8.91. The first-order valence-electron chi connectivity index (χ1n) is 8.91. The lowest BCUT2D eigenvalue weighted by atomic mass is 9.93. The topological polar surface area (TPSA) is 23.6 Å². The van der Waals surface area contributed by atoms with Crippen molar-refractivity contribution in [3.63, 3.8) is 0 Å². The van der Waals surface area contributed by atoms with E-state index in [4.69, 9.17) is 0 Å². The van der Waals surface area contributed by atoms with Crippen LogP contribution in [0.25, 0.3) is 0 Å². The molecule has 2 saturated heterocycles. The van der Waals surface area contributed by atoms with Gasteiger partial charge in [0.25, 0.3) is 0 Å². The van der Waals surface area contributed by atoms with E-state index < -0.39 is 0 Å². The van der Waals surface area contributed by atoms with Gasteiger partial charge in [0.05, 0.1) is 5.92 Å². The highest BCUT2D eigenvalue weighted by molar-refractivity contribution is 5.79. The average molecular weight is 318 g/mol. The molecule has 2 aliphatic rings. The number of rotatable bonds is 3. The van der Waals surface area contributed by atoms with Gasteiger partial charge in [-0.3, -0.25) is 9.69 Å². The predicted molar refractivity (Wildman–Crippen MR) is 89.4 cm³/mol. The van der Waals surface area contributed by atoms with Crippen LogP contribution in [0.4, 0.5) is 4.39 Å². The van der Waals surface area contributed by atoms with Gasteiger partial charge in [-0.25, -0.2) is 4.39 Å². The number of hydrogen-bond acceptors (Lipinski definition) is 2. The maximum absolute atomic E-state index is 13.3. The molecule has 2 aliphatic heterocycles. The van der Waals surface area contributed by atoms with E-state index in [-0.39, 0.29) is 11.7 Å². The summed E-state index contributed by atoms with van der Waals surface area (Å²) in [7, 11) is 0. The zero-order chi connectivity index (χ0) is 16.2. The van der Waals surface area contributed by atoms with Gasteiger partial charge in [-0.1, -0.05) is 12.1 Å². The summed E-state index contributed by atoms with van der Waals surface area (Å²) in [6.07, 6.45) is 5.54. The quantitative estimate of drug-likeness (QED) is 0.852. The van der Waals surface area contributed by atoms with Crippen LogP contribution in [-0.4, -0.2) is 41.4 Å². The van der Waals surface area contributed by atoms with Gasteiger partial charge in [-0.05, 0) is 63.3 Å². The highest BCUT2D eigenvalue weighted by Crippen LogP contribution is 2.25. The molecule has 3 nitrogen and oxygen atoms in total. The number of likely N-dealkylation sites (tertiary alicyclic amines) is 2. The molecule has 1 aromatic carbocycles. The third kappa shape index (κ3) is 4.11. The van der Waals surface area contributed by atoms with Crippen LogP contribution < -0.4 is 0 Å². The second-order valence-electron chi connectivity index (χ2n) is 7.08. The minimum atomic E-state index is -0.186. The fourth-order valence-electron chi connectivity index (χ4n) is 3.95. The SMILES string of the molecule is C[C@H]1CCCCN1C(=O)[C@H]1CCCN(Cc2cccc(F)c2)C1. The van der Waals surface area contributed by atoms with Crippen molar-refractivity contribution in [1.82, 2.24) is 9.80 Å². The average Bonchev–Trinajstić information content (AvgIpc) is 2.55. The Morgan fingerprint density at radius 3 is 2.87 bits per heavy atom. The van der Waals surface area contributed by atoms with Crippen LogP contribution in [0.1, 0.15) is 44.6 Å². The lowest BCUT2D eigenvalue weighted by Gasteiger charge is -2.39. The van der Waals surface area contributed by atoms with Crippen LogP contribution in [0.5, 0.6) is 0 Å². The number of halogens is 1. The molecule has 2 atom stereocenters. The monoisotopic (exact) mass is 318 g/mol. The van der Waals surface area contributed by atoms with Crippen LogP contribution >= 0.6 is 0 Å². The van der Waals surface area contributed by atoms with Gasteiger partial charge in [-0.15, -0.1) is 0 Å². The van der Waals surface area contributed by atoms with Crippen molar-refractivity contribution in [2.75, 3.05) is 19.6 Å². The van der Waals surface area contributed by atoms with Crippen LogP contribution in [0, 0.1) is 11.7 Å². The number of carbonyl (C=O) groups excluding carboxylic acids is 1. The number of piperidine rings is 2. The van der Waals surface area contributed by atoms with Crippen molar-refractivity contribution in [3.05, 3.63) is 35.6 Å². The largest absolute Gasteiger partial charge is 0.340 e. The van der Waals surface area contributed by atoms with Crippen molar-refractivity contribution >= 4 is 5.91 Å². The van der Waals surface area contributed by atoms with Crippen LogP contribution in [0.15, 0.2) is 24.3 Å². The molecule has 0 N–H and O–H groups in total. The Hall–Kier alpha value is -1.42. The Morgan fingerprint density at radius 1 is 1.22 bits per heavy atom. The van der Waals surface area contributed by atoms with Crippen molar-refractivity contribution in [2.24, 2.45) is 5.92 Å². The zero-order valence-corrected chi connectivity index (χ0v) is 14.0. The molecule has 1 aromatic rings. The van der Waals surface area contributed by atoms with Crippen LogP contribution in [0.3, 0.4) is 0 Å². The molecule has 0 radical (unpaired) electrons. The Kier molecular flexibility index (Phi) is 5.31. The van der Waals surface area contributed by atoms with Gasteiger partial charge in [0.15, 0.2) is 0 Å². The molecule has 2 fully saturated rings. The van der Waals surface area contributed by atoms with Crippen molar-refractivity contribution < 1.29 is 9.18 Å². The highest BCUT2D eigenvalue weighted by atomic mass is 19.1. The van der Waals surface area contributed by atoms with Crippen LogP contribution in [0.2, 0.25) is 0 Å². The van der Waals surface area contributed by atoms with Gasteiger partial charge in [0.2, 0.25) is 5.91 Å². The predicted octanol–water partition coefficient (Wildman–Crippen LogP) is 3.44. The third-order valence-corrected chi connectivity index (χ3v) is 5.24. The Balaban J connectivity index is 1.60. The van der Waals surface area contributed by atoms with E-state index in [1.807, 2.05) is 6.07 Å². The first-order chi connectivity index (χ1) is 11.1. The summed E-state index contributed by atoms with van der Waals surface area (Å²) >= 11 is 0. The zero-order valence-electron chi connectivity index (χ0n) is 14.0. The van der Waals surface area contributed by atoms with E-state index >= 15 is 0 Å². The molecule has 0 aromatic heterocycles. The van der Waals surface area contributed by atoms with E-state index in [0.717, 1.165) is 57.4 Å². The van der Waals surface area contributed by atoms with Crippen molar-refractivity contribution in [1.29, 1.82) is 0 Å². The number of amides is 1. The molecule has 4 heteroatoms. The summed E-state index contributed by atoms with van der Waals surface area (Å²) in [6, 6.07) is 7.17. The summed E-state index contributed by atoms with van der Waals surface area (Å²) in [5.74, 6) is 0.258. The molecule has 1 amide bonds. The fraction of sp³-hybridized carbons (Fsp3) is 0.632. The van der Waals surface area contributed by atoms with Gasteiger partial charge in [-0.2, -0.15) is 0 Å². The van der Waals surface area contributed by atoms with Gasteiger partial charge in [0.1, 0.15) is 5.82 Å². The molecule has 23 heavy (non-hydrogen) atoms. The second-order valence-corrected chi connectivity index (χ2v) is 7.08. The molecule has 0 unspecified atom stereocenters. The molecule has 0 saturated carbocycles. The highest BCUT2D eigenvalue weighted by Gasteiger charge is 2.32. The molecule has 126 valence electrons. The maximum Gasteiger partial charge on any atom is 0.227 e. The lowest BCUT2D eigenvalue weighted by Crippen LogP contribution is -2.49. The maximum atomic E-state index is 13.3. The minimum Gasteiger partial charge on any atom is -0.340 e. The third-order valence-electron chi connectivity index (χ3n) is 5.24. The summed E-state index contributed by atoms with van der Waals surface area (Å²) < 4.78 is 13.3. The minimum absolute atomic E-state index is 0.109. The smallest absolute Gasteiger partial charge is 0.227 e. The van der Waals surface area contributed by atoms with E-state index in [2.05, 4.69) is 16.7 Å². The summed E-state index contributed by atoms with van der Waals surface area (Å²) in [6.45, 7) is 5.62. The number of carbonyl (C=O) groups is 1. The number of benzene rings is 1. The van der Waals surface area contributed by atoms with E-state index in [1.165, 1.54) is 12.5 Å². The van der Waals surface area contributed by atoms with E-state index in [9.17, 15) is 9.18 Å². The molecular weight excluding hydrogens is 291 g/mol. The first kappa shape index (κ1) is 16.4. The summed E-state index contributed by atoms with van der Waals surface area (Å²) in [5.41, 5.74) is 0.990. The molecule has 0 spiro atoms. The number of nitrogens with zero attached hydrogens (tertiary/aromatic N) is 2. The van der Waals surface area contributed by atoms with Crippen molar-refractivity contribution in [3.8, 4) is 0 Å².